The first-order valence-electron chi connectivity index (χ1n) is 9.85. The number of fused-ring (bicyclic) bond motifs is 2. The van der Waals surface area contributed by atoms with Crippen molar-refractivity contribution in [3.05, 3.63) is 64.4 Å². The number of hydrogen-bond acceptors (Lipinski definition) is 5. The zero-order valence-electron chi connectivity index (χ0n) is 16.1. The van der Waals surface area contributed by atoms with E-state index in [2.05, 4.69) is 22.5 Å². The van der Waals surface area contributed by atoms with E-state index in [0.717, 1.165) is 25.7 Å². The maximum absolute atomic E-state index is 13.0. The molecule has 7 nitrogen and oxygen atoms in total. The van der Waals surface area contributed by atoms with Crippen LogP contribution in [0.25, 0.3) is 0 Å². The normalized spacial score (nSPS) is 22.8. The number of aromatic hydroxyl groups is 1. The zero-order chi connectivity index (χ0) is 20.6. The molecule has 3 aliphatic rings. The van der Waals surface area contributed by atoms with Crippen LogP contribution in [-0.4, -0.2) is 27.1 Å². The van der Waals surface area contributed by atoms with Crippen molar-refractivity contribution < 1.29 is 14.3 Å². The Morgan fingerprint density at radius 3 is 2.66 bits per heavy atom. The molecule has 1 radical (unpaired) electrons. The van der Waals surface area contributed by atoms with Gasteiger partial charge >= 0.3 is 0 Å². The fourth-order valence-corrected chi connectivity index (χ4v) is 4.44. The molecule has 153 valence electrons. The van der Waals surface area contributed by atoms with Crippen LogP contribution in [0.5, 0.6) is 5.75 Å². The molecule has 3 heterocycles. The molecule has 1 aromatic carbocycles. The van der Waals surface area contributed by atoms with Crippen LogP contribution in [0.4, 0.5) is 4.39 Å². The van der Waals surface area contributed by atoms with Crippen LogP contribution in [0.15, 0.2) is 29.1 Å². The lowest BCUT2D eigenvalue weighted by atomic mass is 9.77. The van der Waals surface area contributed by atoms with E-state index in [9.17, 15) is 19.1 Å². The van der Waals surface area contributed by atoms with Crippen molar-refractivity contribution >= 4 is 5.91 Å². The molecule has 1 saturated carbocycles. The minimum absolute atomic E-state index is 0.128. The first-order chi connectivity index (χ1) is 13.9. The molecule has 1 aromatic heterocycles. The van der Waals surface area contributed by atoms with Gasteiger partial charge in [0.25, 0.3) is 11.5 Å². The van der Waals surface area contributed by atoms with Gasteiger partial charge in [-0.1, -0.05) is 12.1 Å². The smallest absolute Gasteiger partial charge is 0.296 e. The summed E-state index contributed by atoms with van der Waals surface area (Å²) in [6, 6.07) is 5.72. The van der Waals surface area contributed by atoms with Gasteiger partial charge in [0, 0.05) is 13.1 Å². The number of aromatic nitrogens is 2. The van der Waals surface area contributed by atoms with E-state index in [0.29, 0.717) is 30.4 Å². The van der Waals surface area contributed by atoms with Gasteiger partial charge in [0.2, 0.25) is 5.75 Å². The van der Waals surface area contributed by atoms with Crippen LogP contribution >= 0.6 is 0 Å². The molecule has 2 aliphatic heterocycles. The van der Waals surface area contributed by atoms with Gasteiger partial charge < -0.3 is 15.7 Å². The summed E-state index contributed by atoms with van der Waals surface area (Å²) in [6.45, 7) is 4.97. The highest BCUT2D eigenvalue weighted by Gasteiger charge is 2.44. The fraction of sp³-hybridized carbons (Fsp3) is 0.429. The quantitative estimate of drug-likeness (QED) is 0.713. The van der Waals surface area contributed by atoms with Crippen molar-refractivity contribution in [3.8, 4) is 5.75 Å². The Labute approximate surface area is 168 Å². The van der Waals surface area contributed by atoms with E-state index < -0.39 is 22.8 Å². The third kappa shape index (κ3) is 3.53. The van der Waals surface area contributed by atoms with E-state index in [4.69, 9.17) is 0 Å². The number of rotatable bonds is 5. The lowest BCUT2D eigenvalue weighted by Gasteiger charge is -2.37. The van der Waals surface area contributed by atoms with Crippen LogP contribution in [0.3, 0.4) is 0 Å². The van der Waals surface area contributed by atoms with E-state index in [-0.39, 0.29) is 18.1 Å². The van der Waals surface area contributed by atoms with Crippen LogP contribution in [-0.2, 0) is 18.6 Å². The minimum atomic E-state index is -0.643. The van der Waals surface area contributed by atoms with Crippen LogP contribution < -0.4 is 16.2 Å². The van der Waals surface area contributed by atoms with E-state index in [1.54, 1.807) is 12.1 Å². The number of nitrogens with zero attached hydrogens (tertiary/aromatic N) is 2. The summed E-state index contributed by atoms with van der Waals surface area (Å²) < 4.78 is 14.5. The van der Waals surface area contributed by atoms with Gasteiger partial charge in [-0.2, -0.15) is 0 Å². The molecule has 0 unspecified atom stereocenters. The van der Waals surface area contributed by atoms with Crippen LogP contribution in [0.2, 0.25) is 0 Å². The average Bonchev–Trinajstić information content (AvgIpc) is 2.96. The van der Waals surface area contributed by atoms with Gasteiger partial charge in [-0.3, -0.25) is 14.2 Å². The minimum Gasteiger partial charge on any atom is -0.501 e. The second-order valence-electron chi connectivity index (χ2n) is 7.81. The molecule has 0 atom stereocenters. The van der Waals surface area contributed by atoms with Gasteiger partial charge in [0.15, 0.2) is 5.69 Å². The average molecular weight is 399 g/mol. The largest absolute Gasteiger partial charge is 0.501 e. The highest BCUT2D eigenvalue weighted by molar-refractivity contribution is 5.94. The third-order valence-electron chi connectivity index (χ3n) is 6.02. The summed E-state index contributed by atoms with van der Waals surface area (Å²) in [4.78, 5) is 30.1. The monoisotopic (exact) mass is 399 g/mol. The molecule has 0 spiro atoms. The van der Waals surface area contributed by atoms with Crippen molar-refractivity contribution in [1.82, 2.24) is 20.2 Å². The number of carbonyl (C=O) groups is 1. The standard InChI is InChI=1S/C21H24FN4O3/c1-2-24-21-9-7-14(8-10-21)12-26-19(29)17(27)16(25-20(21)26)18(28)23-11-13-3-5-15(22)6-4-13/h3-6,14,24,27H,1-2,7-12H2,(H,23,28). The molecule has 1 fully saturated rings. The predicted octanol–water partition coefficient (Wildman–Crippen LogP) is 1.84. The number of hydrogen-bond donors (Lipinski definition) is 3. The summed E-state index contributed by atoms with van der Waals surface area (Å²) in [5, 5.41) is 16.4. The first kappa shape index (κ1) is 19.6. The predicted molar refractivity (Wildman–Crippen MR) is 105 cm³/mol. The second kappa shape index (κ2) is 7.59. The summed E-state index contributed by atoms with van der Waals surface area (Å²) in [5.41, 5.74) is -0.697. The van der Waals surface area contributed by atoms with Crippen LogP contribution in [0.1, 0.15) is 47.6 Å². The Kier molecular flexibility index (Phi) is 5.12. The Balaban J connectivity index is 1.68. The molecule has 2 bridgehead atoms. The number of carbonyl (C=O) groups excluding carboxylic acids is 1. The molecular formula is C21H24FN4O3. The Morgan fingerprint density at radius 1 is 1.31 bits per heavy atom. The first-order valence-corrected chi connectivity index (χ1v) is 9.85. The Hall–Kier alpha value is -2.74. The maximum Gasteiger partial charge on any atom is 0.296 e. The number of benzene rings is 1. The lowest BCUT2D eigenvalue weighted by Crippen LogP contribution is -2.47. The summed E-state index contributed by atoms with van der Waals surface area (Å²) in [5.74, 6) is -0.799. The number of halogens is 1. The van der Waals surface area contributed by atoms with Crippen molar-refractivity contribution in [2.24, 2.45) is 5.92 Å². The zero-order valence-corrected chi connectivity index (χ0v) is 16.1. The van der Waals surface area contributed by atoms with Gasteiger partial charge in [-0.25, -0.2) is 9.37 Å². The second-order valence-corrected chi connectivity index (χ2v) is 7.81. The molecule has 5 rings (SSSR count). The van der Waals surface area contributed by atoms with E-state index in [1.165, 1.54) is 16.7 Å². The van der Waals surface area contributed by atoms with Crippen molar-refractivity contribution in [1.29, 1.82) is 0 Å². The third-order valence-corrected chi connectivity index (χ3v) is 6.02. The molecule has 3 N–H and O–H groups in total. The molecular weight excluding hydrogens is 375 g/mol. The number of nitrogens with one attached hydrogen (secondary N) is 2. The van der Waals surface area contributed by atoms with E-state index >= 15 is 0 Å². The SMILES string of the molecule is [CH2]CNC12CCC(CC1)Cn1c2nc(C(=O)NCc2ccc(F)cc2)c(O)c1=O. The highest BCUT2D eigenvalue weighted by atomic mass is 19.1. The topological polar surface area (TPSA) is 96.2 Å². The van der Waals surface area contributed by atoms with E-state index in [1.807, 2.05) is 0 Å². The van der Waals surface area contributed by atoms with Gasteiger partial charge in [-0.05, 0) is 62.8 Å². The van der Waals surface area contributed by atoms with Gasteiger partial charge in [0.05, 0.1) is 5.54 Å². The Bertz CT molecular complexity index is 979. The summed E-state index contributed by atoms with van der Waals surface area (Å²) in [6.07, 6.45) is 3.51. The maximum atomic E-state index is 13.0. The lowest BCUT2D eigenvalue weighted by molar-refractivity contribution is 0.0940. The summed E-state index contributed by atoms with van der Waals surface area (Å²) in [7, 11) is 0. The Morgan fingerprint density at radius 2 is 2.00 bits per heavy atom. The van der Waals surface area contributed by atoms with Crippen molar-refractivity contribution in [2.75, 3.05) is 6.54 Å². The number of amides is 1. The summed E-state index contributed by atoms with van der Waals surface area (Å²) >= 11 is 0. The molecule has 2 aromatic rings. The van der Waals surface area contributed by atoms with Crippen LogP contribution in [0, 0.1) is 18.7 Å². The van der Waals surface area contributed by atoms with Crippen molar-refractivity contribution in [3.63, 3.8) is 0 Å². The molecule has 0 saturated heterocycles. The molecule has 1 aliphatic carbocycles. The fourth-order valence-electron chi connectivity index (χ4n) is 4.44. The van der Waals surface area contributed by atoms with Crippen molar-refractivity contribution in [2.45, 2.75) is 44.3 Å². The van der Waals surface area contributed by atoms with Gasteiger partial charge in [0.1, 0.15) is 11.6 Å². The molecule has 29 heavy (non-hydrogen) atoms. The molecule has 8 heteroatoms. The van der Waals surface area contributed by atoms with Gasteiger partial charge in [-0.15, -0.1) is 0 Å². The molecule has 1 amide bonds. The highest BCUT2D eigenvalue weighted by Crippen LogP contribution is 2.42.